The standard InChI is InChI=1S/C24H31N3O3S/c1-20-2-4-21(5-3-20)12-19-31(28,29)27-17-8-22(9-18-27)26-15-10-24(11-16-26)30-23-6-13-25-14-7-23/h2-7,12-14,19,22,24H,8-11,15-18H2,1H3/b19-12+. The Morgan fingerprint density at radius 3 is 2.23 bits per heavy atom. The fourth-order valence-corrected chi connectivity index (χ4v) is 5.58. The van der Waals surface area contributed by atoms with Crippen LogP contribution in [0.15, 0.2) is 54.2 Å². The Kier molecular flexibility index (Phi) is 7.05. The topological polar surface area (TPSA) is 62.7 Å². The zero-order chi connectivity index (χ0) is 21.7. The zero-order valence-electron chi connectivity index (χ0n) is 18.1. The van der Waals surface area contributed by atoms with Gasteiger partial charge in [-0.05, 0) is 56.4 Å². The minimum absolute atomic E-state index is 0.242. The Hall–Kier alpha value is -2.22. The lowest BCUT2D eigenvalue weighted by Gasteiger charge is -2.41. The number of benzene rings is 1. The molecule has 0 unspecified atom stereocenters. The van der Waals surface area contributed by atoms with E-state index in [0.717, 1.165) is 55.6 Å². The third-order valence-corrected chi connectivity index (χ3v) is 7.80. The molecule has 0 saturated carbocycles. The van der Waals surface area contributed by atoms with Gasteiger partial charge in [0.25, 0.3) is 0 Å². The summed E-state index contributed by atoms with van der Waals surface area (Å²) in [7, 11) is -3.38. The number of sulfonamides is 1. The molecule has 2 aliphatic rings. The van der Waals surface area contributed by atoms with Crippen LogP contribution in [0.2, 0.25) is 0 Å². The first-order valence-corrected chi connectivity index (χ1v) is 12.6. The smallest absolute Gasteiger partial charge is 0.236 e. The van der Waals surface area contributed by atoms with Crippen LogP contribution in [-0.4, -0.2) is 60.9 Å². The van der Waals surface area contributed by atoms with Gasteiger partial charge in [0.05, 0.1) is 0 Å². The Labute approximate surface area is 185 Å². The molecule has 2 saturated heterocycles. The molecule has 0 bridgehead atoms. The first kappa shape index (κ1) is 22.0. The van der Waals surface area contributed by atoms with Gasteiger partial charge in [0.1, 0.15) is 11.9 Å². The monoisotopic (exact) mass is 441 g/mol. The van der Waals surface area contributed by atoms with Gasteiger partial charge >= 0.3 is 0 Å². The molecule has 31 heavy (non-hydrogen) atoms. The molecule has 6 nitrogen and oxygen atoms in total. The average Bonchev–Trinajstić information content (AvgIpc) is 2.80. The molecule has 0 amide bonds. The second-order valence-electron chi connectivity index (χ2n) is 8.42. The van der Waals surface area contributed by atoms with Crippen LogP contribution in [0.25, 0.3) is 6.08 Å². The second kappa shape index (κ2) is 9.94. The summed E-state index contributed by atoms with van der Waals surface area (Å²) in [6.45, 7) is 5.18. The van der Waals surface area contributed by atoms with Gasteiger partial charge in [-0.1, -0.05) is 29.8 Å². The number of ether oxygens (including phenoxy) is 1. The molecule has 0 atom stereocenters. The zero-order valence-corrected chi connectivity index (χ0v) is 18.9. The number of rotatable bonds is 6. The highest BCUT2D eigenvalue weighted by molar-refractivity contribution is 7.92. The van der Waals surface area contributed by atoms with E-state index >= 15 is 0 Å². The van der Waals surface area contributed by atoms with Gasteiger partial charge in [-0.3, -0.25) is 4.98 Å². The molecule has 7 heteroatoms. The summed E-state index contributed by atoms with van der Waals surface area (Å²) in [5.74, 6) is 0.880. The maximum atomic E-state index is 12.7. The molecule has 2 fully saturated rings. The van der Waals surface area contributed by atoms with E-state index in [0.29, 0.717) is 19.1 Å². The predicted molar refractivity (Wildman–Crippen MR) is 123 cm³/mol. The lowest BCUT2D eigenvalue weighted by molar-refractivity contribution is 0.0586. The van der Waals surface area contributed by atoms with Gasteiger partial charge in [-0.15, -0.1) is 0 Å². The molecule has 0 N–H and O–H groups in total. The van der Waals surface area contributed by atoms with E-state index in [1.54, 1.807) is 22.8 Å². The summed E-state index contributed by atoms with van der Waals surface area (Å²) in [5, 5.41) is 1.35. The molecule has 1 aromatic carbocycles. The van der Waals surface area contributed by atoms with Crippen LogP contribution >= 0.6 is 0 Å². The third-order valence-electron chi connectivity index (χ3n) is 6.24. The van der Waals surface area contributed by atoms with Crippen molar-refractivity contribution in [1.29, 1.82) is 0 Å². The van der Waals surface area contributed by atoms with E-state index < -0.39 is 10.0 Å². The van der Waals surface area contributed by atoms with Crippen LogP contribution in [0, 0.1) is 6.92 Å². The van der Waals surface area contributed by atoms with Gasteiger partial charge in [-0.25, -0.2) is 8.42 Å². The van der Waals surface area contributed by atoms with Crippen LogP contribution in [0.1, 0.15) is 36.8 Å². The number of likely N-dealkylation sites (tertiary alicyclic amines) is 1. The fourth-order valence-electron chi connectivity index (χ4n) is 4.36. The van der Waals surface area contributed by atoms with Crippen molar-refractivity contribution in [2.45, 2.75) is 44.8 Å². The summed E-state index contributed by atoms with van der Waals surface area (Å²) in [6, 6.07) is 12.1. The average molecular weight is 442 g/mol. The van der Waals surface area contributed by atoms with Crippen molar-refractivity contribution in [1.82, 2.24) is 14.2 Å². The highest BCUT2D eigenvalue weighted by Gasteiger charge is 2.31. The molecular weight excluding hydrogens is 410 g/mol. The Morgan fingerprint density at radius 1 is 0.935 bits per heavy atom. The van der Waals surface area contributed by atoms with Crippen LogP contribution < -0.4 is 4.74 Å². The van der Waals surface area contributed by atoms with E-state index in [2.05, 4.69) is 9.88 Å². The van der Waals surface area contributed by atoms with Gasteiger partial charge in [-0.2, -0.15) is 4.31 Å². The number of nitrogens with zero attached hydrogens (tertiary/aromatic N) is 3. The van der Waals surface area contributed by atoms with Gasteiger partial charge in [0.15, 0.2) is 0 Å². The lowest BCUT2D eigenvalue weighted by Crippen LogP contribution is -2.49. The second-order valence-corrected chi connectivity index (χ2v) is 10.2. The normalized spacial score (nSPS) is 20.3. The minimum atomic E-state index is -3.38. The molecule has 2 aromatic rings. The number of piperidine rings is 2. The molecule has 166 valence electrons. The van der Waals surface area contributed by atoms with Gasteiger partial charge in [0, 0.05) is 50.0 Å². The Bertz CT molecular complexity index is 961. The minimum Gasteiger partial charge on any atom is -0.490 e. The number of hydrogen-bond donors (Lipinski definition) is 0. The van der Waals surface area contributed by atoms with Crippen LogP contribution in [0.3, 0.4) is 0 Å². The highest BCUT2D eigenvalue weighted by atomic mass is 32.2. The van der Waals surface area contributed by atoms with Gasteiger partial charge in [0.2, 0.25) is 10.0 Å². The van der Waals surface area contributed by atoms with Crippen LogP contribution in [0.4, 0.5) is 0 Å². The summed E-state index contributed by atoms with van der Waals surface area (Å²) in [5.41, 5.74) is 2.07. The van der Waals surface area contributed by atoms with Crippen molar-refractivity contribution in [3.8, 4) is 5.75 Å². The first-order chi connectivity index (χ1) is 15.0. The fraction of sp³-hybridized carbons (Fsp3) is 0.458. The molecule has 2 aliphatic heterocycles. The largest absolute Gasteiger partial charge is 0.490 e. The molecule has 1 aromatic heterocycles. The Balaban J connectivity index is 1.24. The van der Waals surface area contributed by atoms with E-state index in [9.17, 15) is 8.42 Å². The molecule has 4 rings (SSSR count). The predicted octanol–water partition coefficient (Wildman–Crippen LogP) is 3.70. The van der Waals surface area contributed by atoms with E-state index in [4.69, 9.17) is 4.74 Å². The number of hydrogen-bond acceptors (Lipinski definition) is 5. The van der Waals surface area contributed by atoms with Crippen molar-refractivity contribution < 1.29 is 13.2 Å². The first-order valence-electron chi connectivity index (χ1n) is 11.1. The van der Waals surface area contributed by atoms with E-state index in [-0.39, 0.29) is 6.10 Å². The van der Waals surface area contributed by atoms with Crippen molar-refractivity contribution in [3.63, 3.8) is 0 Å². The molecule has 0 aliphatic carbocycles. The Morgan fingerprint density at radius 2 is 1.58 bits per heavy atom. The number of pyridine rings is 1. The summed E-state index contributed by atoms with van der Waals surface area (Å²) in [4.78, 5) is 6.54. The maximum absolute atomic E-state index is 12.7. The molecular formula is C24H31N3O3S. The molecule has 3 heterocycles. The summed E-state index contributed by atoms with van der Waals surface area (Å²) >= 11 is 0. The van der Waals surface area contributed by atoms with Crippen molar-refractivity contribution in [2.75, 3.05) is 26.2 Å². The third kappa shape index (κ3) is 5.93. The lowest BCUT2D eigenvalue weighted by atomic mass is 10.00. The highest BCUT2D eigenvalue weighted by Crippen LogP contribution is 2.25. The van der Waals surface area contributed by atoms with Crippen LogP contribution in [-0.2, 0) is 10.0 Å². The van der Waals surface area contributed by atoms with E-state index in [1.807, 2.05) is 43.3 Å². The number of aryl methyl sites for hydroxylation is 1. The van der Waals surface area contributed by atoms with Crippen molar-refractivity contribution in [3.05, 3.63) is 65.3 Å². The summed E-state index contributed by atoms with van der Waals surface area (Å²) in [6.07, 6.45) is 9.20. The number of aromatic nitrogens is 1. The summed E-state index contributed by atoms with van der Waals surface area (Å²) < 4.78 is 33.1. The van der Waals surface area contributed by atoms with Gasteiger partial charge < -0.3 is 9.64 Å². The quantitative estimate of drug-likeness (QED) is 0.684. The van der Waals surface area contributed by atoms with Crippen LogP contribution in [0.5, 0.6) is 5.75 Å². The maximum Gasteiger partial charge on any atom is 0.236 e. The van der Waals surface area contributed by atoms with Crippen molar-refractivity contribution in [2.24, 2.45) is 0 Å². The van der Waals surface area contributed by atoms with Crippen molar-refractivity contribution >= 4 is 16.1 Å². The van der Waals surface area contributed by atoms with E-state index in [1.165, 1.54) is 5.41 Å². The SMILES string of the molecule is Cc1ccc(/C=C/S(=O)(=O)N2CCC(N3CCC(Oc4ccncc4)CC3)CC2)cc1. The molecule has 0 spiro atoms. The molecule has 0 radical (unpaired) electrons.